The average molecular weight is 570 g/mol. The van der Waals surface area contributed by atoms with Gasteiger partial charge in [-0.1, -0.05) is 51.0 Å². The van der Waals surface area contributed by atoms with E-state index in [1.54, 1.807) is 29.2 Å². The predicted octanol–water partition coefficient (Wildman–Crippen LogP) is 0.705. The van der Waals surface area contributed by atoms with Crippen LogP contribution >= 0.6 is 12.2 Å². The van der Waals surface area contributed by atoms with Crippen molar-refractivity contribution in [1.29, 1.82) is 0 Å². The number of fused-ring (bicyclic) bond motifs is 1. The van der Waals surface area contributed by atoms with E-state index in [4.69, 9.17) is 17.0 Å². The van der Waals surface area contributed by atoms with Crippen molar-refractivity contribution in [3.63, 3.8) is 0 Å². The van der Waals surface area contributed by atoms with Crippen molar-refractivity contribution in [2.75, 3.05) is 30.3 Å². The number of anilines is 1. The fourth-order valence-corrected chi connectivity index (χ4v) is 4.80. The molecule has 3 rings (SSSR count). The zero-order chi connectivity index (χ0) is 27.0. The van der Waals surface area contributed by atoms with Crippen LogP contribution in [0.15, 0.2) is 60.0 Å². The van der Waals surface area contributed by atoms with E-state index in [-0.39, 0.29) is 53.2 Å². The second-order valence-corrected chi connectivity index (χ2v) is 10.6. The Bertz CT molecular complexity index is 1200. The Morgan fingerprint density at radius 3 is 2.03 bits per heavy atom. The topological polar surface area (TPSA) is 110 Å². The molecule has 0 aromatic heterocycles. The summed E-state index contributed by atoms with van der Waals surface area (Å²) < 4.78 is 39.0. The summed E-state index contributed by atoms with van der Waals surface area (Å²) in [5.41, 5.74) is 0.802. The summed E-state index contributed by atoms with van der Waals surface area (Å²) in [6.07, 6.45) is 9.85. The number of unbranched alkanes of at least 4 members (excludes halogenated alkanes) is 2. The van der Waals surface area contributed by atoms with Crippen molar-refractivity contribution < 1.29 is 56.9 Å². The SMILES string of the molecule is CCCCN1C(=O)C(=C/C=C/C=C2\Oc3ccccc3N2CCCS(=O)(=O)[O-])C(=O)N(CCCC)C1=S.[Na+]. The van der Waals surface area contributed by atoms with Crippen molar-refractivity contribution in [3.05, 3.63) is 60.0 Å². The number of ether oxygens (including phenoxy) is 1. The molecule has 0 bridgehead atoms. The third kappa shape index (κ3) is 8.24. The smallest absolute Gasteiger partial charge is 0.748 e. The van der Waals surface area contributed by atoms with Crippen molar-refractivity contribution in [2.24, 2.45) is 0 Å². The molecule has 38 heavy (non-hydrogen) atoms. The zero-order valence-electron chi connectivity index (χ0n) is 22.1. The average Bonchev–Trinajstić information content (AvgIpc) is 3.20. The molecule has 12 heteroatoms. The molecule has 1 aromatic rings. The van der Waals surface area contributed by atoms with Gasteiger partial charge in [-0.2, -0.15) is 0 Å². The van der Waals surface area contributed by atoms with E-state index in [1.807, 2.05) is 32.0 Å². The van der Waals surface area contributed by atoms with E-state index < -0.39 is 27.7 Å². The van der Waals surface area contributed by atoms with Crippen molar-refractivity contribution in [2.45, 2.75) is 46.0 Å². The molecule has 0 atom stereocenters. The summed E-state index contributed by atoms with van der Waals surface area (Å²) in [4.78, 5) is 31.0. The Hall–Kier alpha value is -2.02. The maximum absolute atomic E-state index is 13.1. The minimum absolute atomic E-state index is 0. The molecule has 200 valence electrons. The van der Waals surface area contributed by atoms with Crippen molar-refractivity contribution >= 4 is 45.0 Å². The van der Waals surface area contributed by atoms with E-state index in [9.17, 15) is 22.6 Å². The van der Waals surface area contributed by atoms with Crippen LogP contribution in [0.2, 0.25) is 0 Å². The third-order valence-electron chi connectivity index (χ3n) is 5.91. The number of benzene rings is 1. The number of allylic oxidation sites excluding steroid dienone is 4. The minimum Gasteiger partial charge on any atom is -0.748 e. The summed E-state index contributed by atoms with van der Waals surface area (Å²) in [6.45, 7) is 5.23. The second kappa shape index (κ2) is 14.9. The van der Waals surface area contributed by atoms with Gasteiger partial charge in [0.1, 0.15) is 5.57 Å². The Kier molecular flexibility index (Phi) is 12.7. The van der Waals surface area contributed by atoms with Crippen LogP contribution in [0, 0.1) is 0 Å². The molecule has 0 aliphatic carbocycles. The molecule has 2 heterocycles. The van der Waals surface area contributed by atoms with Gasteiger partial charge in [-0.05, 0) is 55.8 Å². The Morgan fingerprint density at radius 1 is 0.895 bits per heavy atom. The fourth-order valence-electron chi connectivity index (χ4n) is 3.97. The molecule has 0 unspecified atom stereocenters. The van der Waals surface area contributed by atoms with E-state index in [1.165, 1.54) is 15.9 Å². The van der Waals surface area contributed by atoms with Gasteiger partial charge in [-0.25, -0.2) is 8.42 Å². The first-order valence-electron chi connectivity index (χ1n) is 12.4. The maximum atomic E-state index is 13.1. The number of carbonyl (C=O) groups is 2. The van der Waals surface area contributed by atoms with E-state index in [2.05, 4.69) is 0 Å². The van der Waals surface area contributed by atoms with Crippen molar-refractivity contribution in [3.8, 4) is 5.75 Å². The van der Waals surface area contributed by atoms with Crippen LogP contribution in [0.1, 0.15) is 46.0 Å². The molecule has 2 amide bonds. The molecule has 9 nitrogen and oxygen atoms in total. The summed E-state index contributed by atoms with van der Waals surface area (Å²) in [5.74, 6) is -0.238. The number of nitrogens with zero attached hydrogens (tertiary/aromatic N) is 3. The van der Waals surface area contributed by atoms with Crippen LogP contribution in [0.5, 0.6) is 5.75 Å². The molecular formula is C26H32N3NaO6S2. The number of thiocarbonyl (C=S) groups is 1. The normalized spacial score (nSPS) is 16.8. The van der Waals surface area contributed by atoms with Gasteiger partial charge in [0.2, 0.25) is 5.88 Å². The van der Waals surface area contributed by atoms with E-state index in [0.29, 0.717) is 24.7 Å². The summed E-state index contributed by atoms with van der Waals surface area (Å²) >= 11 is 5.47. The van der Waals surface area contributed by atoms with Gasteiger partial charge >= 0.3 is 29.6 Å². The molecule has 2 aliphatic rings. The predicted molar refractivity (Wildman–Crippen MR) is 145 cm³/mol. The summed E-state index contributed by atoms with van der Waals surface area (Å²) in [5, 5.41) is 0.257. The zero-order valence-corrected chi connectivity index (χ0v) is 25.7. The number of hydrogen-bond donors (Lipinski definition) is 0. The molecule has 0 saturated carbocycles. The van der Waals surface area contributed by atoms with Gasteiger partial charge in [0.15, 0.2) is 10.9 Å². The van der Waals surface area contributed by atoms with Crippen LogP contribution in [0.4, 0.5) is 5.69 Å². The van der Waals surface area contributed by atoms with E-state index >= 15 is 0 Å². The third-order valence-corrected chi connectivity index (χ3v) is 7.14. The Labute approximate surface area is 252 Å². The van der Waals surface area contributed by atoms with Gasteiger partial charge in [0, 0.05) is 25.4 Å². The molecule has 0 spiro atoms. The molecule has 1 fully saturated rings. The number of rotatable bonds is 12. The van der Waals surface area contributed by atoms with Crippen molar-refractivity contribution in [1.82, 2.24) is 9.80 Å². The quantitative estimate of drug-likeness (QED) is 0.119. The fraction of sp³-hybridized carbons (Fsp3) is 0.423. The maximum Gasteiger partial charge on any atom is 1.00 e. The first-order chi connectivity index (χ1) is 17.7. The van der Waals surface area contributed by atoms with Gasteiger partial charge in [-0.3, -0.25) is 19.4 Å². The molecule has 1 aromatic carbocycles. The number of para-hydroxylation sites is 2. The van der Waals surface area contributed by atoms with Gasteiger partial charge < -0.3 is 14.2 Å². The Balaban J connectivity index is 0.00000507. The van der Waals surface area contributed by atoms with Crippen LogP contribution in [0.3, 0.4) is 0 Å². The van der Waals surface area contributed by atoms with Crippen LogP contribution in [-0.2, 0) is 19.7 Å². The van der Waals surface area contributed by atoms with Crippen LogP contribution in [0.25, 0.3) is 0 Å². The molecule has 0 N–H and O–H groups in total. The minimum atomic E-state index is -4.32. The summed E-state index contributed by atoms with van der Waals surface area (Å²) in [6, 6.07) is 7.28. The van der Waals surface area contributed by atoms with Gasteiger partial charge in [0.25, 0.3) is 11.8 Å². The largest absolute Gasteiger partial charge is 1.00 e. The van der Waals surface area contributed by atoms with Crippen LogP contribution in [-0.4, -0.2) is 65.1 Å². The molecular weight excluding hydrogens is 537 g/mol. The van der Waals surface area contributed by atoms with E-state index in [0.717, 1.165) is 31.4 Å². The second-order valence-electron chi connectivity index (χ2n) is 8.71. The monoisotopic (exact) mass is 569 g/mol. The number of amides is 2. The molecule has 0 radical (unpaired) electrons. The number of hydrogen-bond acceptors (Lipinski definition) is 8. The first kappa shape index (κ1) is 32.2. The standard InChI is InChI=1S/C26H33N3O6S2.Na/c1-3-5-16-28-24(30)20(25(31)29(26(28)36)17-6-4-2)12-7-10-15-23-27(18-11-19-37(32,33)34)21-13-8-9-14-22(21)35-23;/h7-10,12-15H,3-6,11,16-19H2,1-2H3,(H,32,33,34);/q;+1/p-1/b10-7+,23-15-;. The van der Waals surface area contributed by atoms with Gasteiger partial charge in [-0.15, -0.1) is 0 Å². The number of carbonyl (C=O) groups excluding carboxylic acids is 2. The molecule has 1 saturated heterocycles. The first-order valence-corrected chi connectivity index (χ1v) is 14.4. The van der Waals surface area contributed by atoms with Gasteiger partial charge in [0.05, 0.1) is 15.8 Å². The Morgan fingerprint density at radius 2 is 1.45 bits per heavy atom. The molecule has 2 aliphatic heterocycles. The van der Waals surface area contributed by atoms with Crippen LogP contribution < -0.4 is 39.2 Å². The summed E-state index contributed by atoms with van der Waals surface area (Å²) in [7, 11) is -4.32.